The number of hydrogen-bond acceptors (Lipinski definition) is 1. The summed E-state index contributed by atoms with van der Waals surface area (Å²) in [6, 6.07) is 24.5. The molecule has 0 amide bonds. The van der Waals surface area contributed by atoms with Crippen molar-refractivity contribution in [3.05, 3.63) is 89.0 Å². The van der Waals surface area contributed by atoms with E-state index in [0.717, 1.165) is 6.42 Å². The number of fused-ring (bicyclic) bond motifs is 1. The maximum absolute atomic E-state index is 3.68. The molecule has 0 saturated heterocycles. The van der Waals surface area contributed by atoms with Crippen molar-refractivity contribution >= 4 is 5.69 Å². The third-order valence-electron chi connectivity index (χ3n) is 4.89. The Kier molecular flexibility index (Phi) is 3.42. The van der Waals surface area contributed by atoms with Crippen LogP contribution >= 0.6 is 0 Å². The number of aryl methyl sites for hydroxylation is 2. The Morgan fingerprint density at radius 1 is 0.783 bits per heavy atom. The van der Waals surface area contributed by atoms with Gasteiger partial charge in [0.15, 0.2) is 0 Å². The Balaban J connectivity index is 1.58. The second-order valence-electron chi connectivity index (χ2n) is 6.48. The van der Waals surface area contributed by atoms with Crippen LogP contribution in [0.1, 0.15) is 28.3 Å². The molecule has 0 radical (unpaired) electrons. The van der Waals surface area contributed by atoms with Gasteiger partial charge >= 0.3 is 0 Å². The molecule has 23 heavy (non-hydrogen) atoms. The Morgan fingerprint density at radius 2 is 1.43 bits per heavy atom. The molecule has 1 aliphatic heterocycles. The van der Waals surface area contributed by atoms with Crippen LogP contribution in [0, 0.1) is 13.8 Å². The fourth-order valence-electron chi connectivity index (χ4n) is 3.38. The van der Waals surface area contributed by atoms with Crippen molar-refractivity contribution in [1.82, 2.24) is 0 Å². The lowest BCUT2D eigenvalue weighted by Gasteiger charge is -2.12. The third kappa shape index (κ3) is 2.63. The number of nitrogens with one attached hydrogen (secondary N) is 1. The number of benzene rings is 3. The number of rotatable bonds is 2. The normalized spacial score (nSPS) is 16.0. The summed E-state index contributed by atoms with van der Waals surface area (Å²) in [5.41, 5.74) is 9.37. The molecule has 0 fully saturated rings. The van der Waals surface area contributed by atoms with Crippen LogP contribution in [-0.2, 0) is 6.42 Å². The lowest BCUT2D eigenvalue weighted by molar-refractivity contribution is 0.824. The van der Waals surface area contributed by atoms with Crippen molar-refractivity contribution in [1.29, 1.82) is 0 Å². The molecule has 0 spiro atoms. The van der Waals surface area contributed by atoms with Crippen LogP contribution in [0.5, 0.6) is 0 Å². The van der Waals surface area contributed by atoms with E-state index in [-0.39, 0.29) is 0 Å². The van der Waals surface area contributed by atoms with E-state index in [1.54, 1.807) is 0 Å². The predicted octanol–water partition coefficient (Wildman–Crippen LogP) is 5.68. The van der Waals surface area contributed by atoms with Crippen LogP contribution in [0.4, 0.5) is 5.69 Å². The first-order valence-corrected chi connectivity index (χ1v) is 8.23. The third-order valence-corrected chi connectivity index (χ3v) is 4.89. The van der Waals surface area contributed by atoms with Gasteiger partial charge in [-0.3, -0.25) is 0 Å². The first-order chi connectivity index (χ1) is 11.2. The molecule has 114 valence electrons. The Bertz CT molecular complexity index is 801. The maximum Gasteiger partial charge on any atom is 0.0555 e. The summed E-state index contributed by atoms with van der Waals surface area (Å²) in [7, 11) is 0. The van der Waals surface area contributed by atoms with E-state index in [1.807, 2.05) is 0 Å². The minimum absolute atomic E-state index is 0.385. The van der Waals surface area contributed by atoms with Crippen LogP contribution in [0.15, 0.2) is 66.7 Å². The molecular formula is C22H21N. The average molecular weight is 299 g/mol. The van der Waals surface area contributed by atoms with Crippen LogP contribution < -0.4 is 5.32 Å². The topological polar surface area (TPSA) is 12.0 Å². The summed E-state index contributed by atoms with van der Waals surface area (Å²) in [6.45, 7) is 4.37. The molecule has 4 rings (SSSR count). The van der Waals surface area contributed by atoms with E-state index in [4.69, 9.17) is 0 Å². The van der Waals surface area contributed by atoms with Crippen molar-refractivity contribution in [2.45, 2.75) is 26.3 Å². The zero-order chi connectivity index (χ0) is 15.8. The fraction of sp³-hybridized carbons (Fsp3) is 0.182. The monoisotopic (exact) mass is 299 g/mol. The highest BCUT2D eigenvalue weighted by Gasteiger charge is 2.22. The summed E-state index contributed by atoms with van der Waals surface area (Å²) >= 11 is 0. The summed E-state index contributed by atoms with van der Waals surface area (Å²) in [4.78, 5) is 0. The van der Waals surface area contributed by atoms with Crippen molar-refractivity contribution in [2.75, 3.05) is 5.32 Å². The largest absolute Gasteiger partial charge is 0.378 e. The maximum atomic E-state index is 3.68. The van der Waals surface area contributed by atoms with Gasteiger partial charge in [0.1, 0.15) is 0 Å². The first kappa shape index (κ1) is 14.1. The second kappa shape index (κ2) is 5.58. The smallest absolute Gasteiger partial charge is 0.0555 e. The van der Waals surface area contributed by atoms with Gasteiger partial charge < -0.3 is 5.32 Å². The molecule has 0 saturated carbocycles. The zero-order valence-electron chi connectivity index (χ0n) is 13.6. The Labute approximate surface area is 138 Å². The molecule has 0 aromatic heterocycles. The van der Waals surface area contributed by atoms with Crippen molar-refractivity contribution < 1.29 is 0 Å². The van der Waals surface area contributed by atoms with Gasteiger partial charge in [-0.1, -0.05) is 60.7 Å². The molecule has 1 N–H and O–H groups in total. The van der Waals surface area contributed by atoms with Crippen LogP contribution in [0.25, 0.3) is 11.1 Å². The molecule has 3 aromatic rings. The van der Waals surface area contributed by atoms with Crippen LogP contribution in [0.2, 0.25) is 0 Å². The fourth-order valence-corrected chi connectivity index (χ4v) is 3.38. The van der Waals surface area contributed by atoms with E-state index in [1.165, 1.54) is 39.1 Å². The number of hydrogen-bond donors (Lipinski definition) is 1. The predicted molar refractivity (Wildman–Crippen MR) is 97.9 cm³/mol. The van der Waals surface area contributed by atoms with Gasteiger partial charge in [-0.25, -0.2) is 0 Å². The molecule has 1 heteroatoms. The van der Waals surface area contributed by atoms with Crippen LogP contribution in [-0.4, -0.2) is 0 Å². The van der Waals surface area contributed by atoms with Crippen molar-refractivity contribution in [2.24, 2.45) is 0 Å². The van der Waals surface area contributed by atoms with Gasteiger partial charge in [-0.2, -0.15) is 0 Å². The molecule has 1 heterocycles. The zero-order valence-corrected chi connectivity index (χ0v) is 13.6. The molecule has 3 aromatic carbocycles. The highest BCUT2D eigenvalue weighted by molar-refractivity contribution is 5.65. The van der Waals surface area contributed by atoms with Crippen molar-refractivity contribution in [3.8, 4) is 11.1 Å². The molecule has 0 bridgehead atoms. The van der Waals surface area contributed by atoms with E-state index < -0.39 is 0 Å². The van der Waals surface area contributed by atoms with Crippen molar-refractivity contribution in [3.63, 3.8) is 0 Å². The molecule has 1 atom stereocenters. The lowest BCUT2D eigenvalue weighted by Crippen LogP contribution is -2.05. The van der Waals surface area contributed by atoms with E-state index in [9.17, 15) is 0 Å². The number of anilines is 1. The second-order valence-corrected chi connectivity index (χ2v) is 6.48. The molecule has 1 unspecified atom stereocenters. The molecule has 0 aliphatic carbocycles. The summed E-state index contributed by atoms with van der Waals surface area (Å²) in [6.07, 6.45) is 1.07. The van der Waals surface area contributed by atoms with Gasteiger partial charge in [0.25, 0.3) is 0 Å². The van der Waals surface area contributed by atoms with Crippen LogP contribution in [0.3, 0.4) is 0 Å². The standard InChI is InChI=1S/C22H21N/c1-15-12-20-14-22(23-21(20)13-16(15)2)19-10-8-18(9-11-19)17-6-4-3-5-7-17/h3-13,22-23H,14H2,1-2H3. The Morgan fingerprint density at radius 3 is 2.17 bits per heavy atom. The van der Waals surface area contributed by atoms with Gasteiger partial charge in [0.05, 0.1) is 6.04 Å². The van der Waals surface area contributed by atoms with E-state index >= 15 is 0 Å². The van der Waals surface area contributed by atoms with Gasteiger partial charge in [-0.15, -0.1) is 0 Å². The van der Waals surface area contributed by atoms with Gasteiger partial charge in [-0.05, 0) is 59.7 Å². The quantitative estimate of drug-likeness (QED) is 0.642. The summed E-state index contributed by atoms with van der Waals surface area (Å²) in [5.74, 6) is 0. The minimum Gasteiger partial charge on any atom is -0.378 e. The highest BCUT2D eigenvalue weighted by atomic mass is 14.9. The van der Waals surface area contributed by atoms with Gasteiger partial charge in [0.2, 0.25) is 0 Å². The molecule has 1 nitrogen and oxygen atoms in total. The SMILES string of the molecule is Cc1cc2c(cc1C)NC(c1ccc(-c3ccccc3)cc1)C2. The Hall–Kier alpha value is -2.54. The van der Waals surface area contributed by atoms with E-state index in [0.29, 0.717) is 6.04 Å². The molecular weight excluding hydrogens is 278 g/mol. The summed E-state index contributed by atoms with van der Waals surface area (Å²) in [5, 5.41) is 3.68. The molecule has 1 aliphatic rings. The van der Waals surface area contributed by atoms with Gasteiger partial charge in [0, 0.05) is 5.69 Å². The average Bonchev–Trinajstić information content (AvgIpc) is 2.99. The minimum atomic E-state index is 0.385. The lowest BCUT2D eigenvalue weighted by atomic mass is 9.98. The summed E-state index contributed by atoms with van der Waals surface area (Å²) < 4.78 is 0. The highest BCUT2D eigenvalue weighted by Crippen LogP contribution is 2.36. The first-order valence-electron chi connectivity index (χ1n) is 8.23. The van der Waals surface area contributed by atoms with E-state index in [2.05, 4.69) is 85.9 Å².